The Balaban J connectivity index is 1.07. The SMILES string of the molecule is c1ccc(-c2cccc(N(c3ccc4c(c3)cc(-c3ccccc3)c3ccccc34)c3ccc4sc5cccc(-c6ccc7c(c6)oc6ccccc67)c5c4c3)c2)cc1. The van der Waals surface area contributed by atoms with Crippen LogP contribution in [-0.2, 0) is 0 Å². The van der Waals surface area contributed by atoms with Crippen LogP contribution in [0.3, 0.4) is 0 Å². The number of thiophene rings is 1. The van der Waals surface area contributed by atoms with Gasteiger partial charge >= 0.3 is 0 Å². The van der Waals surface area contributed by atoms with E-state index in [1.165, 1.54) is 69.5 Å². The molecule has 0 spiro atoms. The summed E-state index contributed by atoms with van der Waals surface area (Å²) in [6.07, 6.45) is 0. The van der Waals surface area contributed by atoms with Crippen molar-refractivity contribution in [1.29, 1.82) is 0 Å². The van der Waals surface area contributed by atoms with Gasteiger partial charge in [-0.3, -0.25) is 0 Å². The molecule has 0 aliphatic rings. The van der Waals surface area contributed by atoms with Gasteiger partial charge in [-0.25, -0.2) is 0 Å². The lowest BCUT2D eigenvalue weighted by atomic mass is 9.93. The molecule has 0 bridgehead atoms. The van der Waals surface area contributed by atoms with E-state index in [1.54, 1.807) is 0 Å². The molecule has 10 aromatic carbocycles. The first-order valence-electron chi connectivity index (χ1n) is 20.1. The predicted molar refractivity (Wildman–Crippen MR) is 253 cm³/mol. The summed E-state index contributed by atoms with van der Waals surface area (Å²) in [4.78, 5) is 2.43. The van der Waals surface area contributed by atoms with E-state index in [-0.39, 0.29) is 0 Å². The van der Waals surface area contributed by atoms with Crippen molar-refractivity contribution >= 4 is 92.1 Å². The van der Waals surface area contributed by atoms with E-state index in [0.717, 1.165) is 44.6 Å². The van der Waals surface area contributed by atoms with Gasteiger partial charge in [-0.2, -0.15) is 0 Å². The van der Waals surface area contributed by atoms with Gasteiger partial charge in [-0.1, -0.05) is 140 Å². The third-order valence-corrected chi connectivity index (χ3v) is 13.0. The second kappa shape index (κ2) is 13.6. The van der Waals surface area contributed by atoms with Gasteiger partial charge in [0.2, 0.25) is 0 Å². The van der Waals surface area contributed by atoms with Crippen LogP contribution in [0.1, 0.15) is 0 Å². The lowest BCUT2D eigenvalue weighted by molar-refractivity contribution is 0.669. The maximum atomic E-state index is 6.37. The number of para-hydroxylation sites is 1. The standard InChI is InChI=1S/C56H35NOS/c1-3-13-36(14-4-1)38-17-11-18-41(31-38)57(42-26-29-44-40(32-42)33-50(37-15-5-2-6-16-37)47-20-8-7-19-46(44)47)43-27-30-54-51(35-43)56-45(22-12-24-55(56)59-54)39-25-28-49-48-21-9-10-23-52(48)58-53(49)34-39/h1-35H. The summed E-state index contributed by atoms with van der Waals surface area (Å²) in [6, 6.07) is 77.1. The largest absolute Gasteiger partial charge is 0.456 e. The molecule has 0 atom stereocenters. The number of rotatable bonds is 6. The maximum absolute atomic E-state index is 6.37. The Bertz CT molecular complexity index is 3560. The first-order chi connectivity index (χ1) is 29.2. The maximum Gasteiger partial charge on any atom is 0.136 e. The average Bonchev–Trinajstić information content (AvgIpc) is 3.87. The van der Waals surface area contributed by atoms with Crippen molar-refractivity contribution in [2.75, 3.05) is 4.90 Å². The Morgan fingerprint density at radius 3 is 1.85 bits per heavy atom. The van der Waals surface area contributed by atoms with Crippen LogP contribution in [0.25, 0.3) is 97.0 Å². The summed E-state index contributed by atoms with van der Waals surface area (Å²) in [5, 5.41) is 9.76. The van der Waals surface area contributed by atoms with Gasteiger partial charge in [0, 0.05) is 48.0 Å². The molecule has 0 aliphatic heterocycles. The van der Waals surface area contributed by atoms with Crippen molar-refractivity contribution < 1.29 is 4.42 Å². The van der Waals surface area contributed by atoms with Crippen molar-refractivity contribution in [3.63, 3.8) is 0 Å². The van der Waals surface area contributed by atoms with E-state index in [9.17, 15) is 0 Å². The second-order valence-corrected chi connectivity index (χ2v) is 16.3. The Morgan fingerprint density at radius 1 is 0.322 bits per heavy atom. The van der Waals surface area contributed by atoms with Crippen LogP contribution < -0.4 is 4.90 Å². The van der Waals surface area contributed by atoms with E-state index < -0.39 is 0 Å². The minimum absolute atomic E-state index is 0.907. The lowest BCUT2D eigenvalue weighted by Crippen LogP contribution is -2.10. The van der Waals surface area contributed by atoms with Crippen molar-refractivity contribution in [3.8, 4) is 33.4 Å². The Morgan fingerprint density at radius 2 is 0.983 bits per heavy atom. The number of nitrogens with zero attached hydrogens (tertiary/aromatic N) is 1. The number of benzene rings is 10. The third kappa shape index (κ3) is 5.62. The van der Waals surface area contributed by atoms with Crippen molar-refractivity contribution in [2.45, 2.75) is 0 Å². The summed E-state index contributed by atoms with van der Waals surface area (Å²) in [5.41, 5.74) is 12.3. The van der Waals surface area contributed by atoms with Crippen LogP contribution in [0.15, 0.2) is 217 Å². The van der Waals surface area contributed by atoms with Gasteiger partial charge in [-0.05, 0) is 128 Å². The lowest BCUT2D eigenvalue weighted by Gasteiger charge is -2.27. The van der Waals surface area contributed by atoms with Crippen LogP contribution in [-0.4, -0.2) is 0 Å². The molecule has 276 valence electrons. The van der Waals surface area contributed by atoms with Crippen molar-refractivity contribution in [1.82, 2.24) is 0 Å². The molecule has 0 fully saturated rings. The Labute approximate surface area is 345 Å². The summed E-state index contributed by atoms with van der Waals surface area (Å²) in [5.74, 6) is 0. The zero-order valence-electron chi connectivity index (χ0n) is 32.0. The van der Waals surface area contributed by atoms with Crippen molar-refractivity contribution in [3.05, 3.63) is 212 Å². The Kier molecular flexibility index (Phi) is 7.75. The summed E-state index contributed by atoms with van der Waals surface area (Å²) < 4.78 is 8.90. The van der Waals surface area contributed by atoms with E-state index in [0.29, 0.717) is 0 Å². The molecular formula is C56H35NOS. The van der Waals surface area contributed by atoms with Crippen LogP contribution in [0, 0.1) is 0 Å². The smallest absolute Gasteiger partial charge is 0.136 e. The van der Waals surface area contributed by atoms with Gasteiger partial charge in [0.25, 0.3) is 0 Å². The molecule has 2 nitrogen and oxygen atoms in total. The van der Waals surface area contributed by atoms with Crippen LogP contribution in [0.5, 0.6) is 0 Å². The molecule has 0 N–H and O–H groups in total. The number of furan rings is 1. The highest BCUT2D eigenvalue weighted by Gasteiger charge is 2.19. The zero-order chi connectivity index (χ0) is 38.9. The van der Waals surface area contributed by atoms with Gasteiger partial charge < -0.3 is 9.32 Å². The highest BCUT2D eigenvalue weighted by Crippen LogP contribution is 2.46. The fourth-order valence-corrected chi connectivity index (χ4v) is 10.2. The fraction of sp³-hybridized carbons (Fsp3) is 0. The molecule has 2 aromatic heterocycles. The van der Waals surface area contributed by atoms with Crippen LogP contribution in [0.2, 0.25) is 0 Å². The molecule has 3 heteroatoms. The summed E-state index contributed by atoms with van der Waals surface area (Å²) >= 11 is 1.85. The van der Waals surface area contributed by atoms with E-state index in [4.69, 9.17) is 4.42 Å². The highest BCUT2D eigenvalue weighted by atomic mass is 32.1. The number of hydrogen-bond donors (Lipinski definition) is 0. The minimum atomic E-state index is 0.907. The number of hydrogen-bond acceptors (Lipinski definition) is 3. The first kappa shape index (κ1) is 33.7. The van der Waals surface area contributed by atoms with E-state index in [2.05, 4.69) is 205 Å². The fourth-order valence-electron chi connectivity index (χ4n) is 9.09. The molecular weight excluding hydrogens is 735 g/mol. The molecule has 0 unspecified atom stereocenters. The minimum Gasteiger partial charge on any atom is -0.456 e. The third-order valence-electron chi connectivity index (χ3n) is 11.8. The Hall–Kier alpha value is -7.46. The molecule has 0 radical (unpaired) electrons. The topological polar surface area (TPSA) is 16.4 Å². The monoisotopic (exact) mass is 769 g/mol. The quantitative estimate of drug-likeness (QED) is 0.157. The molecule has 0 saturated carbocycles. The molecule has 0 amide bonds. The normalized spacial score (nSPS) is 11.7. The van der Waals surface area contributed by atoms with Gasteiger partial charge in [0.15, 0.2) is 0 Å². The molecule has 0 aliphatic carbocycles. The number of anilines is 3. The molecule has 0 saturated heterocycles. The second-order valence-electron chi connectivity index (χ2n) is 15.3. The van der Waals surface area contributed by atoms with Gasteiger partial charge in [0.1, 0.15) is 11.2 Å². The van der Waals surface area contributed by atoms with E-state index in [1.807, 2.05) is 23.5 Å². The van der Waals surface area contributed by atoms with Gasteiger partial charge in [-0.15, -0.1) is 11.3 Å². The molecule has 12 rings (SSSR count). The van der Waals surface area contributed by atoms with E-state index >= 15 is 0 Å². The molecule has 2 heterocycles. The summed E-state index contributed by atoms with van der Waals surface area (Å²) in [6.45, 7) is 0. The predicted octanol–water partition coefficient (Wildman–Crippen LogP) is 16.7. The average molecular weight is 770 g/mol. The highest BCUT2D eigenvalue weighted by molar-refractivity contribution is 7.26. The first-order valence-corrected chi connectivity index (χ1v) is 20.9. The van der Waals surface area contributed by atoms with Crippen LogP contribution in [0.4, 0.5) is 17.1 Å². The molecule has 59 heavy (non-hydrogen) atoms. The van der Waals surface area contributed by atoms with Crippen LogP contribution >= 0.6 is 11.3 Å². The number of fused-ring (bicyclic) bond motifs is 9. The van der Waals surface area contributed by atoms with Gasteiger partial charge in [0.05, 0.1) is 0 Å². The van der Waals surface area contributed by atoms with Crippen molar-refractivity contribution in [2.24, 2.45) is 0 Å². The molecule has 12 aromatic rings. The summed E-state index contributed by atoms with van der Waals surface area (Å²) in [7, 11) is 0. The zero-order valence-corrected chi connectivity index (χ0v) is 32.8.